The maximum Gasteiger partial charge on any atom is 0.307 e. The van der Waals surface area contributed by atoms with Crippen molar-refractivity contribution in [3.63, 3.8) is 0 Å². The van der Waals surface area contributed by atoms with Gasteiger partial charge in [-0.1, -0.05) is 0 Å². The number of nitrogens with zero attached hydrogens (tertiary/aromatic N) is 1. The van der Waals surface area contributed by atoms with E-state index in [1.54, 1.807) is 0 Å². The number of carboxylic acids is 1. The molecule has 0 atom stereocenters. The van der Waals surface area contributed by atoms with Gasteiger partial charge in [0.25, 0.3) is 0 Å². The Morgan fingerprint density at radius 1 is 1.75 bits per heavy atom. The molecular formula is C7H5BrFNO2. The first-order chi connectivity index (χ1) is 5.59. The summed E-state index contributed by atoms with van der Waals surface area (Å²) in [5, 5.41) is 8.39. The molecule has 0 amide bonds. The second kappa shape index (κ2) is 3.62. The van der Waals surface area contributed by atoms with Crippen molar-refractivity contribution in [1.82, 2.24) is 4.98 Å². The minimum atomic E-state index is -0.963. The molecule has 5 heteroatoms. The van der Waals surface area contributed by atoms with Gasteiger partial charge in [0.15, 0.2) is 0 Å². The molecular weight excluding hydrogens is 229 g/mol. The number of rotatable bonds is 2. The average molecular weight is 234 g/mol. The Kier molecular flexibility index (Phi) is 2.75. The molecule has 1 N–H and O–H groups in total. The van der Waals surface area contributed by atoms with Crippen LogP contribution in [0.25, 0.3) is 0 Å². The van der Waals surface area contributed by atoms with Crippen molar-refractivity contribution in [2.75, 3.05) is 0 Å². The first-order valence-electron chi connectivity index (χ1n) is 3.11. The second-order valence-electron chi connectivity index (χ2n) is 2.19. The summed E-state index contributed by atoms with van der Waals surface area (Å²) in [5.41, 5.74) is 0.468. The molecule has 0 aromatic carbocycles. The number of pyridine rings is 1. The highest BCUT2D eigenvalue weighted by molar-refractivity contribution is 9.10. The minimum Gasteiger partial charge on any atom is -0.481 e. The van der Waals surface area contributed by atoms with Gasteiger partial charge in [-0.15, -0.1) is 0 Å². The maximum absolute atomic E-state index is 12.5. The molecule has 0 saturated heterocycles. The molecule has 0 saturated carbocycles. The second-order valence-corrected chi connectivity index (χ2v) is 3.04. The number of aliphatic carboxylic acids is 1. The minimum absolute atomic E-state index is 0.147. The van der Waals surface area contributed by atoms with Gasteiger partial charge < -0.3 is 5.11 Å². The lowest BCUT2D eigenvalue weighted by Crippen LogP contribution is -2.01. The van der Waals surface area contributed by atoms with E-state index in [0.29, 0.717) is 5.56 Å². The van der Waals surface area contributed by atoms with Crippen LogP contribution in [0.5, 0.6) is 0 Å². The van der Waals surface area contributed by atoms with E-state index in [1.807, 2.05) is 0 Å². The third-order valence-corrected chi connectivity index (χ3v) is 1.76. The van der Waals surface area contributed by atoms with E-state index in [1.165, 1.54) is 12.3 Å². The molecule has 0 fully saturated rings. The summed E-state index contributed by atoms with van der Waals surface area (Å²) >= 11 is 2.91. The largest absolute Gasteiger partial charge is 0.481 e. The monoisotopic (exact) mass is 233 g/mol. The molecule has 1 aromatic heterocycles. The molecule has 1 aromatic rings. The highest BCUT2D eigenvalue weighted by atomic mass is 79.9. The first-order valence-corrected chi connectivity index (χ1v) is 3.90. The van der Waals surface area contributed by atoms with Gasteiger partial charge in [0.1, 0.15) is 0 Å². The van der Waals surface area contributed by atoms with Crippen LogP contribution in [0.15, 0.2) is 16.7 Å². The Labute approximate surface area is 76.4 Å². The highest BCUT2D eigenvalue weighted by Gasteiger charge is 2.04. The number of carboxylic acid groups (broad SMARTS) is 1. The van der Waals surface area contributed by atoms with Gasteiger partial charge in [-0.05, 0) is 27.6 Å². The predicted octanol–water partition coefficient (Wildman–Crippen LogP) is 1.61. The predicted molar refractivity (Wildman–Crippen MR) is 43.2 cm³/mol. The summed E-state index contributed by atoms with van der Waals surface area (Å²) in [7, 11) is 0. The summed E-state index contributed by atoms with van der Waals surface area (Å²) in [4.78, 5) is 13.6. The summed E-state index contributed by atoms with van der Waals surface area (Å²) in [6.45, 7) is 0. The van der Waals surface area contributed by atoms with Crippen LogP contribution in [0, 0.1) is 5.95 Å². The third-order valence-electron chi connectivity index (χ3n) is 1.21. The van der Waals surface area contributed by atoms with Gasteiger partial charge in [-0.2, -0.15) is 4.39 Å². The van der Waals surface area contributed by atoms with Crippen molar-refractivity contribution in [3.05, 3.63) is 28.2 Å². The fourth-order valence-corrected chi connectivity index (χ4v) is 1.13. The zero-order valence-corrected chi connectivity index (χ0v) is 7.51. The smallest absolute Gasteiger partial charge is 0.307 e. The summed E-state index contributed by atoms with van der Waals surface area (Å²) < 4.78 is 12.7. The summed E-state index contributed by atoms with van der Waals surface area (Å²) in [6, 6.07) is 1.40. The van der Waals surface area contributed by atoms with Crippen LogP contribution < -0.4 is 0 Å². The van der Waals surface area contributed by atoms with E-state index < -0.39 is 11.9 Å². The SMILES string of the molecule is O=C(O)Cc1cnc(F)c(Br)c1. The molecule has 1 heterocycles. The Balaban J connectivity index is 2.89. The Bertz CT molecular complexity index is 316. The molecule has 0 aliphatic rings. The zero-order chi connectivity index (χ0) is 9.14. The highest BCUT2D eigenvalue weighted by Crippen LogP contribution is 2.14. The fourth-order valence-electron chi connectivity index (χ4n) is 0.732. The number of carbonyl (C=O) groups is 1. The lowest BCUT2D eigenvalue weighted by Gasteiger charge is -1.97. The van der Waals surface area contributed by atoms with Crippen molar-refractivity contribution >= 4 is 21.9 Å². The van der Waals surface area contributed by atoms with E-state index in [9.17, 15) is 9.18 Å². The van der Waals surface area contributed by atoms with E-state index in [4.69, 9.17) is 5.11 Å². The summed E-state index contributed by atoms with van der Waals surface area (Å²) in [5.74, 6) is -1.60. The molecule has 0 spiro atoms. The topological polar surface area (TPSA) is 50.2 Å². The first kappa shape index (κ1) is 9.12. The van der Waals surface area contributed by atoms with Crippen molar-refractivity contribution in [1.29, 1.82) is 0 Å². The zero-order valence-electron chi connectivity index (χ0n) is 5.92. The average Bonchev–Trinajstić information content (AvgIpc) is 1.96. The van der Waals surface area contributed by atoms with Crippen LogP contribution in [-0.2, 0) is 11.2 Å². The number of halogens is 2. The van der Waals surface area contributed by atoms with Gasteiger partial charge >= 0.3 is 5.97 Å². The van der Waals surface area contributed by atoms with Gasteiger partial charge in [-0.3, -0.25) is 4.79 Å². The Morgan fingerprint density at radius 2 is 2.42 bits per heavy atom. The quantitative estimate of drug-likeness (QED) is 0.790. The van der Waals surface area contributed by atoms with Crippen LogP contribution in [0.2, 0.25) is 0 Å². The van der Waals surface area contributed by atoms with Crippen LogP contribution >= 0.6 is 15.9 Å². The molecule has 1 rings (SSSR count). The fraction of sp³-hybridized carbons (Fsp3) is 0.143. The van der Waals surface area contributed by atoms with Crippen molar-refractivity contribution in [2.45, 2.75) is 6.42 Å². The van der Waals surface area contributed by atoms with Crippen LogP contribution in [0.1, 0.15) is 5.56 Å². The maximum atomic E-state index is 12.5. The van der Waals surface area contributed by atoms with E-state index in [2.05, 4.69) is 20.9 Å². The molecule has 0 aliphatic heterocycles. The normalized spacial score (nSPS) is 9.83. The number of hydrogen-bond donors (Lipinski definition) is 1. The summed E-state index contributed by atoms with van der Waals surface area (Å²) in [6.07, 6.45) is 1.06. The van der Waals surface area contributed by atoms with E-state index in [0.717, 1.165) is 0 Å². The lowest BCUT2D eigenvalue weighted by atomic mass is 10.2. The molecule has 0 unspecified atom stereocenters. The van der Waals surface area contributed by atoms with Gasteiger partial charge in [0.05, 0.1) is 10.9 Å². The standard InChI is InChI=1S/C7H5BrFNO2/c8-5-1-4(2-6(11)12)3-10-7(5)9/h1,3H,2H2,(H,11,12). The molecule has 12 heavy (non-hydrogen) atoms. The molecule has 64 valence electrons. The van der Waals surface area contributed by atoms with Gasteiger partial charge in [-0.25, -0.2) is 4.98 Å². The molecule has 3 nitrogen and oxygen atoms in total. The van der Waals surface area contributed by atoms with Crippen molar-refractivity contribution < 1.29 is 14.3 Å². The molecule has 0 aliphatic carbocycles. The molecule has 0 radical (unpaired) electrons. The molecule has 0 bridgehead atoms. The van der Waals surface area contributed by atoms with Crippen molar-refractivity contribution in [3.8, 4) is 0 Å². The lowest BCUT2D eigenvalue weighted by molar-refractivity contribution is -0.136. The van der Waals surface area contributed by atoms with Crippen LogP contribution in [0.3, 0.4) is 0 Å². The third kappa shape index (κ3) is 2.27. The number of aromatic nitrogens is 1. The Morgan fingerprint density at radius 3 is 2.92 bits per heavy atom. The van der Waals surface area contributed by atoms with E-state index in [-0.39, 0.29) is 10.9 Å². The van der Waals surface area contributed by atoms with Crippen LogP contribution in [0.4, 0.5) is 4.39 Å². The van der Waals surface area contributed by atoms with E-state index >= 15 is 0 Å². The van der Waals surface area contributed by atoms with Gasteiger partial charge in [0.2, 0.25) is 5.95 Å². The van der Waals surface area contributed by atoms with Crippen LogP contribution in [-0.4, -0.2) is 16.1 Å². The van der Waals surface area contributed by atoms with Gasteiger partial charge in [0, 0.05) is 6.20 Å². The van der Waals surface area contributed by atoms with Crippen molar-refractivity contribution in [2.24, 2.45) is 0 Å². The Hall–Kier alpha value is -0.970. The number of hydrogen-bond acceptors (Lipinski definition) is 2.